The van der Waals surface area contributed by atoms with Crippen molar-refractivity contribution in [3.63, 3.8) is 0 Å². The Labute approximate surface area is 142 Å². The molecule has 0 aliphatic heterocycles. The molecule has 0 spiro atoms. The van der Waals surface area contributed by atoms with Crippen LogP contribution in [-0.2, 0) is 19.4 Å². The molecule has 4 nitrogen and oxygen atoms in total. The van der Waals surface area contributed by atoms with Crippen molar-refractivity contribution < 1.29 is 0 Å². The summed E-state index contributed by atoms with van der Waals surface area (Å²) >= 11 is 1.84. The molecule has 2 aliphatic rings. The van der Waals surface area contributed by atoms with Gasteiger partial charge in [-0.1, -0.05) is 19.3 Å². The molecule has 0 radical (unpaired) electrons. The molecule has 23 heavy (non-hydrogen) atoms. The van der Waals surface area contributed by atoms with Crippen LogP contribution in [0, 0.1) is 0 Å². The number of hydrogen-bond acceptors (Lipinski definition) is 5. The first-order valence-electron chi connectivity index (χ1n) is 8.99. The van der Waals surface area contributed by atoms with Crippen LogP contribution < -0.4 is 5.73 Å². The van der Waals surface area contributed by atoms with Crippen LogP contribution in [0.4, 0.5) is 5.82 Å². The van der Waals surface area contributed by atoms with Gasteiger partial charge >= 0.3 is 0 Å². The molecule has 0 atom stereocenters. The van der Waals surface area contributed by atoms with E-state index in [0.29, 0.717) is 11.9 Å². The first-order valence-corrected chi connectivity index (χ1v) is 9.81. The zero-order chi connectivity index (χ0) is 15.8. The third-order valence-electron chi connectivity index (χ3n) is 5.48. The lowest BCUT2D eigenvalue weighted by molar-refractivity contribution is 0.181. The fourth-order valence-electron chi connectivity index (χ4n) is 4.18. The average Bonchev–Trinajstić information content (AvgIpc) is 2.94. The Hall–Kier alpha value is -1.20. The van der Waals surface area contributed by atoms with E-state index in [1.54, 1.807) is 0 Å². The molecule has 0 bridgehead atoms. The number of aryl methyl sites for hydroxylation is 2. The van der Waals surface area contributed by atoms with Crippen molar-refractivity contribution in [1.82, 2.24) is 14.9 Å². The van der Waals surface area contributed by atoms with Gasteiger partial charge in [0.1, 0.15) is 16.5 Å². The zero-order valence-corrected chi connectivity index (χ0v) is 14.8. The third-order valence-corrected chi connectivity index (χ3v) is 6.66. The Kier molecular flexibility index (Phi) is 4.24. The van der Waals surface area contributed by atoms with Crippen molar-refractivity contribution in [3.05, 3.63) is 16.3 Å². The molecule has 0 unspecified atom stereocenters. The predicted octanol–water partition coefficient (Wildman–Crippen LogP) is 3.92. The molecule has 2 aromatic heterocycles. The Bertz CT molecular complexity index is 703. The fourth-order valence-corrected chi connectivity index (χ4v) is 5.46. The van der Waals surface area contributed by atoms with E-state index in [1.807, 2.05) is 11.3 Å². The second-order valence-electron chi connectivity index (χ2n) is 7.12. The number of anilines is 1. The van der Waals surface area contributed by atoms with Gasteiger partial charge in [0.25, 0.3) is 0 Å². The van der Waals surface area contributed by atoms with Crippen LogP contribution >= 0.6 is 11.3 Å². The highest BCUT2D eigenvalue weighted by atomic mass is 32.1. The molecular weight excluding hydrogens is 304 g/mol. The number of nitrogens with zero attached hydrogens (tertiary/aromatic N) is 3. The van der Waals surface area contributed by atoms with Gasteiger partial charge in [-0.2, -0.15) is 0 Å². The van der Waals surface area contributed by atoms with Crippen molar-refractivity contribution in [1.29, 1.82) is 0 Å². The molecule has 124 valence electrons. The topological polar surface area (TPSA) is 55.0 Å². The standard InChI is InChI=1S/C18H26N4S/c1-22(12-7-3-2-4-8-12)11-15-20-17(19)16-13-9-5-6-10-14(13)23-18(16)21-15/h12H,2-11H2,1H3,(H2,19,20,21). The van der Waals surface area contributed by atoms with Crippen molar-refractivity contribution >= 4 is 27.4 Å². The highest BCUT2D eigenvalue weighted by Gasteiger charge is 2.22. The summed E-state index contributed by atoms with van der Waals surface area (Å²) in [5.41, 5.74) is 7.75. The quantitative estimate of drug-likeness (QED) is 0.927. The second-order valence-corrected chi connectivity index (χ2v) is 8.21. The summed E-state index contributed by atoms with van der Waals surface area (Å²) < 4.78 is 0. The average molecular weight is 331 g/mol. The molecule has 2 heterocycles. The summed E-state index contributed by atoms with van der Waals surface area (Å²) in [6.45, 7) is 0.813. The maximum Gasteiger partial charge on any atom is 0.146 e. The van der Waals surface area contributed by atoms with E-state index in [1.165, 1.54) is 61.8 Å². The number of rotatable bonds is 3. The summed E-state index contributed by atoms with van der Waals surface area (Å²) in [6, 6.07) is 0.681. The van der Waals surface area contributed by atoms with Crippen LogP contribution in [0.3, 0.4) is 0 Å². The molecule has 2 aromatic rings. The first-order chi connectivity index (χ1) is 11.2. The fraction of sp³-hybridized carbons (Fsp3) is 0.667. The number of nitrogen functional groups attached to an aromatic ring is 1. The van der Waals surface area contributed by atoms with E-state index >= 15 is 0 Å². The molecule has 0 saturated heterocycles. The van der Waals surface area contributed by atoms with Crippen LogP contribution in [0.1, 0.15) is 61.2 Å². The van der Waals surface area contributed by atoms with Crippen LogP contribution in [0.2, 0.25) is 0 Å². The maximum atomic E-state index is 6.32. The van der Waals surface area contributed by atoms with Crippen LogP contribution in [0.25, 0.3) is 10.2 Å². The minimum Gasteiger partial charge on any atom is -0.383 e. The zero-order valence-electron chi connectivity index (χ0n) is 14.0. The van der Waals surface area contributed by atoms with E-state index in [-0.39, 0.29) is 0 Å². The summed E-state index contributed by atoms with van der Waals surface area (Å²) in [4.78, 5) is 14.5. The highest BCUT2D eigenvalue weighted by Crippen LogP contribution is 2.37. The normalized spacial score (nSPS) is 19.4. The lowest BCUT2D eigenvalue weighted by atomic mass is 9.94. The lowest BCUT2D eigenvalue weighted by Gasteiger charge is -2.30. The van der Waals surface area contributed by atoms with Crippen LogP contribution in [-0.4, -0.2) is 28.0 Å². The van der Waals surface area contributed by atoms with Gasteiger partial charge in [0, 0.05) is 10.9 Å². The van der Waals surface area contributed by atoms with Crippen molar-refractivity contribution in [2.75, 3.05) is 12.8 Å². The molecule has 0 amide bonds. The number of nitrogens with two attached hydrogens (primary N) is 1. The van der Waals surface area contributed by atoms with Gasteiger partial charge in [-0.3, -0.25) is 4.90 Å². The minimum atomic E-state index is 0.681. The summed E-state index contributed by atoms with van der Waals surface area (Å²) in [6.07, 6.45) is 11.6. The summed E-state index contributed by atoms with van der Waals surface area (Å²) in [7, 11) is 2.21. The summed E-state index contributed by atoms with van der Waals surface area (Å²) in [5, 5.41) is 1.15. The number of aromatic nitrogens is 2. The van der Waals surface area contributed by atoms with Crippen LogP contribution in [0.15, 0.2) is 0 Å². The SMILES string of the molecule is CN(Cc1nc(N)c2c3c(sc2n1)CCCC3)C1CCCCC1. The van der Waals surface area contributed by atoms with Crippen LogP contribution in [0.5, 0.6) is 0 Å². The number of thiophene rings is 1. The molecule has 0 aromatic carbocycles. The molecule has 5 heteroatoms. The van der Waals surface area contributed by atoms with Gasteiger partial charge in [0.15, 0.2) is 0 Å². The summed E-state index contributed by atoms with van der Waals surface area (Å²) in [5.74, 6) is 1.59. The van der Waals surface area contributed by atoms with E-state index in [9.17, 15) is 0 Å². The second kappa shape index (κ2) is 6.36. The number of fused-ring (bicyclic) bond motifs is 3. The molecule has 1 fully saturated rings. The van der Waals surface area contributed by atoms with Crippen molar-refractivity contribution in [2.45, 2.75) is 70.4 Å². The maximum absolute atomic E-state index is 6.32. The first kappa shape index (κ1) is 15.3. The predicted molar refractivity (Wildman–Crippen MR) is 96.8 cm³/mol. The minimum absolute atomic E-state index is 0.681. The Morgan fingerprint density at radius 3 is 2.70 bits per heavy atom. The molecule has 2 N–H and O–H groups in total. The van der Waals surface area contributed by atoms with E-state index in [2.05, 4.69) is 16.9 Å². The van der Waals surface area contributed by atoms with E-state index in [0.717, 1.165) is 29.0 Å². The largest absolute Gasteiger partial charge is 0.383 e. The van der Waals surface area contributed by atoms with Gasteiger partial charge in [0.2, 0.25) is 0 Å². The van der Waals surface area contributed by atoms with E-state index in [4.69, 9.17) is 10.7 Å². The number of hydrogen-bond donors (Lipinski definition) is 1. The van der Waals surface area contributed by atoms with Gasteiger partial charge in [0.05, 0.1) is 11.9 Å². The van der Waals surface area contributed by atoms with Crippen molar-refractivity contribution in [2.24, 2.45) is 0 Å². The highest BCUT2D eigenvalue weighted by molar-refractivity contribution is 7.19. The lowest BCUT2D eigenvalue weighted by Crippen LogP contribution is -2.33. The third kappa shape index (κ3) is 2.96. The van der Waals surface area contributed by atoms with E-state index < -0.39 is 0 Å². The van der Waals surface area contributed by atoms with Gasteiger partial charge in [-0.15, -0.1) is 11.3 Å². The molecule has 4 rings (SSSR count). The van der Waals surface area contributed by atoms with Gasteiger partial charge < -0.3 is 5.73 Å². The van der Waals surface area contributed by atoms with Gasteiger partial charge in [-0.05, 0) is 51.1 Å². The Balaban J connectivity index is 1.60. The monoisotopic (exact) mass is 330 g/mol. The van der Waals surface area contributed by atoms with Gasteiger partial charge in [-0.25, -0.2) is 9.97 Å². The Morgan fingerprint density at radius 2 is 1.87 bits per heavy atom. The van der Waals surface area contributed by atoms with Crippen molar-refractivity contribution in [3.8, 4) is 0 Å². The Morgan fingerprint density at radius 1 is 1.09 bits per heavy atom. The molecular formula is C18H26N4S. The molecule has 2 aliphatic carbocycles. The smallest absolute Gasteiger partial charge is 0.146 e. The molecule has 1 saturated carbocycles.